The van der Waals surface area contributed by atoms with Gasteiger partial charge < -0.3 is 19.6 Å². The van der Waals surface area contributed by atoms with Crippen LogP contribution in [0.5, 0.6) is 0 Å². The molecule has 0 saturated carbocycles. The minimum Gasteiger partial charge on any atom is -0.459 e. The SMILES string of the molecule is CN=C(NCc1oc2ccccc2c1C)NCc1nnc(C)n1C.I. The highest BCUT2D eigenvalue weighted by molar-refractivity contribution is 14.0. The van der Waals surface area contributed by atoms with Crippen molar-refractivity contribution in [3.8, 4) is 0 Å². The Balaban J connectivity index is 0.00000225. The van der Waals surface area contributed by atoms with E-state index in [2.05, 4.69) is 38.8 Å². The van der Waals surface area contributed by atoms with Crippen LogP contribution in [0, 0.1) is 13.8 Å². The molecule has 25 heavy (non-hydrogen) atoms. The molecule has 7 nitrogen and oxygen atoms in total. The number of aromatic nitrogens is 3. The van der Waals surface area contributed by atoms with Crippen molar-refractivity contribution in [1.29, 1.82) is 0 Å². The summed E-state index contributed by atoms with van der Waals surface area (Å²) in [7, 11) is 3.68. The number of halogens is 1. The van der Waals surface area contributed by atoms with Crippen LogP contribution < -0.4 is 10.6 Å². The number of hydrogen-bond acceptors (Lipinski definition) is 4. The Bertz CT molecular complexity index is 883. The third kappa shape index (κ3) is 4.12. The molecule has 2 aromatic heterocycles. The van der Waals surface area contributed by atoms with E-state index in [0.717, 1.165) is 33.9 Å². The lowest BCUT2D eigenvalue weighted by Crippen LogP contribution is -2.37. The van der Waals surface area contributed by atoms with Gasteiger partial charge in [0.2, 0.25) is 0 Å². The van der Waals surface area contributed by atoms with Crippen molar-refractivity contribution in [2.75, 3.05) is 7.05 Å². The van der Waals surface area contributed by atoms with Crippen LogP contribution in [0.2, 0.25) is 0 Å². The molecule has 0 fully saturated rings. The molecule has 2 heterocycles. The fourth-order valence-electron chi connectivity index (χ4n) is 2.55. The Morgan fingerprint density at radius 3 is 2.52 bits per heavy atom. The molecule has 2 N–H and O–H groups in total. The molecule has 3 rings (SSSR count). The molecule has 0 aliphatic rings. The van der Waals surface area contributed by atoms with E-state index in [1.807, 2.05) is 36.7 Å². The van der Waals surface area contributed by atoms with Crippen LogP contribution in [0.3, 0.4) is 0 Å². The number of furan rings is 1. The maximum absolute atomic E-state index is 5.91. The second kappa shape index (κ2) is 8.32. The summed E-state index contributed by atoms with van der Waals surface area (Å²) in [5.74, 6) is 3.34. The third-order valence-electron chi connectivity index (χ3n) is 4.18. The Kier molecular flexibility index (Phi) is 6.40. The zero-order valence-electron chi connectivity index (χ0n) is 14.8. The topological polar surface area (TPSA) is 80.3 Å². The van der Waals surface area contributed by atoms with Crippen LogP contribution in [-0.4, -0.2) is 27.8 Å². The summed E-state index contributed by atoms with van der Waals surface area (Å²) >= 11 is 0. The Hall–Kier alpha value is -2.10. The number of guanidine groups is 1. The molecule has 1 aromatic carbocycles. The summed E-state index contributed by atoms with van der Waals surface area (Å²) < 4.78 is 7.86. The van der Waals surface area contributed by atoms with Crippen LogP contribution in [0.4, 0.5) is 0 Å². The van der Waals surface area contributed by atoms with Crippen molar-refractivity contribution in [2.45, 2.75) is 26.9 Å². The van der Waals surface area contributed by atoms with Gasteiger partial charge in [-0.05, 0) is 19.9 Å². The van der Waals surface area contributed by atoms with Crippen molar-refractivity contribution in [3.63, 3.8) is 0 Å². The molecule has 0 aliphatic heterocycles. The summed E-state index contributed by atoms with van der Waals surface area (Å²) in [5.41, 5.74) is 2.06. The molecule has 0 spiro atoms. The minimum absolute atomic E-state index is 0. The van der Waals surface area contributed by atoms with Crippen molar-refractivity contribution >= 4 is 40.9 Å². The smallest absolute Gasteiger partial charge is 0.191 e. The van der Waals surface area contributed by atoms with Gasteiger partial charge in [-0.3, -0.25) is 4.99 Å². The first kappa shape index (κ1) is 19.2. The van der Waals surface area contributed by atoms with Crippen molar-refractivity contribution < 1.29 is 4.42 Å². The van der Waals surface area contributed by atoms with E-state index in [-0.39, 0.29) is 24.0 Å². The summed E-state index contributed by atoms with van der Waals surface area (Å²) in [6, 6.07) is 8.05. The lowest BCUT2D eigenvalue weighted by atomic mass is 10.1. The van der Waals surface area contributed by atoms with Gasteiger partial charge >= 0.3 is 0 Å². The van der Waals surface area contributed by atoms with E-state index in [1.54, 1.807) is 7.05 Å². The van der Waals surface area contributed by atoms with Gasteiger partial charge in [-0.1, -0.05) is 18.2 Å². The predicted octanol–water partition coefficient (Wildman–Crippen LogP) is 2.66. The second-order valence-corrected chi connectivity index (χ2v) is 5.65. The number of fused-ring (bicyclic) bond motifs is 1. The summed E-state index contributed by atoms with van der Waals surface area (Å²) in [6.07, 6.45) is 0. The molecule has 0 saturated heterocycles. The molecule has 0 atom stereocenters. The molecule has 3 aromatic rings. The summed E-state index contributed by atoms with van der Waals surface area (Å²) in [6.45, 7) is 5.11. The third-order valence-corrected chi connectivity index (χ3v) is 4.18. The van der Waals surface area contributed by atoms with Gasteiger partial charge in [0.15, 0.2) is 11.8 Å². The van der Waals surface area contributed by atoms with Gasteiger partial charge in [0.25, 0.3) is 0 Å². The standard InChI is InChI=1S/C17H22N6O.HI/c1-11-13-7-5-6-8-14(13)24-15(11)9-19-17(18-3)20-10-16-22-21-12(2)23(16)4;/h5-8H,9-10H2,1-4H3,(H2,18,19,20);1H. The van der Waals surface area contributed by atoms with E-state index < -0.39 is 0 Å². The van der Waals surface area contributed by atoms with Gasteiger partial charge in [0, 0.05) is 25.0 Å². The molecular weight excluding hydrogens is 431 g/mol. The highest BCUT2D eigenvalue weighted by Crippen LogP contribution is 2.24. The predicted molar refractivity (Wildman–Crippen MR) is 109 cm³/mol. The van der Waals surface area contributed by atoms with Crippen LogP contribution in [0.1, 0.15) is 23.0 Å². The Labute approximate surface area is 163 Å². The molecular formula is C17H23IN6O. The normalized spacial score (nSPS) is 11.4. The summed E-state index contributed by atoms with van der Waals surface area (Å²) in [5, 5.41) is 15.8. The zero-order valence-corrected chi connectivity index (χ0v) is 17.2. The van der Waals surface area contributed by atoms with Crippen LogP contribution in [0.25, 0.3) is 11.0 Å². The maximum atomic E-state index is 5.91. The first-order valence-corrected chi connectivity index (χ1v) is 7.86. The number of aliphatic imine (C=N–C) groups is 1. The monoisotopic (exact) mass is 454 g/mol. The molecule has 8 heteroatoms. The number of nitrogens with zero attached hydrogens (tertiary/aromatic N) is 4. The molecule has 0 radical (unpaired) electrons. The number of para-hydroxylation sites is 1. The molecule has 0 bridgehead atoms. The average molecular weight is 454 g/mol. The van der Waals surface area contributed by atoms with Crippen molar-refractivity contribution in [1.82, 2.24) is 25.4 Å². The van der Waals surface area contributed by atoms with E-state index in [1.165, 1.54) is 0 Å². The lowest BCUT2D eigenvalue weighted by molar-refractivity contribution is 0.534. The van der Waals surface area contributed by atoms with E-state index in [4.69, 9.17) is 4.42 Å². The van der Waals surface area contributed by atoms with Crippen LogP contribution >= 0.6 is 24.0 Å². The zero-order chi connectivity index (χ0) is 17.1. The number of benzene rings is 1. The van der Waals surface area contributed by atoms with E-state index in [0.29, 0.717) is 19.0 Å². The largest absolute Gasteiger partial charge is 0.459 e. The van der Waals surface area contributed by atoms with Crippen molar-refractivity contribution in [2.24, 2.45) is 12.0 Å². The first-order valence-electron chi connectivity index (χ1n) is 7.86. The fraction of sp³-hybridized carbons (Fsp3) is 0.353. The first-order chi connectivity index (χ1) is 11.6. The minimum atomic E-state index is 0. The van der Waals surface area contributed by atoms with Gasteiger partial charge in [-0.2, -0.15) is 0 Å². The molecule has 134 valence electrons. The van der Waals surface area contributed by atoms with Gasteiger partial charge in [-0.25, -0.2) is 0 Å². The number of aryl methyl sites for hydroxylation is 2. The molecule has 0 unspecified atom stereocenters. The number of nitrogens with one attached hydrogen (secondary N) is 2. The van der Waals surface area contributed by atoms with Crippen LogP contribution in [-0.2, 0) is 20.1 Å². The van der Waals surface area contributed by atoms with Gasteiger partial charge in [0.1, 0.15) is 17.2 Å². The highest BCUT2D eigenvalue weighted by Gasteiger charge is 2.11. The molecule has 0 aliphatic carbocycles. The maximum Gasteiger partial charge on any atom is 0.191 e. The van der Waals surface area contributed by atoms with Crippen LogP contribution in [0.15, 0.2) is 33.7 Å². The van der Waals surface area contributed by atoms with E-state index >= 15 is 0 Å². The van der Waals surface area contributed by atoms with E-state index in [9.17, 15) is 0 Å². The highest BCUT2D eigenvalue weighted by atomic mass is 127. The number of hydrogen-bond donors (Lipinski definition) is 2. The van der Waals surface area contributed by atoms with Gasteiger partial charge in [0.05, 0.1) is 13.1 Å². The Morgan fingerprint density at radius 2 is 1.88 bits per heavy atom. The second-order valence-electron chi connectivity index (χ2n) is 5.65. The van der Waals surface area contributed by atoms with Crippen molar-refractivity contribution in [3.05, 3.63) is 47.2 Å². The molecule has 0 amide bonds. The fourth-order valence-corrected chi connectivity index (χ4v) is 2.55. The average Bonchev–Trinajstić information content (AvgIpc) is 3.09. The quantitative estimate of drug-likeness (QED) is 0.360. The Morgan fingerprint density at radius 1 is 1.16 bits per heavy atom. The summed E-state index contributed by atoms with van der Waals surface area (Å²) in [4.78, 5) is 4.23. The van der Waals surface area contributed by atoms with Gasteiger partial charge in [-0.15, -0.1) is 34.2 Å². The lowest BCUT2D eigenvalue weighted by Gasteiger charge is -2.11. The number of rotatable bonds is 4.